The minimum Gasteiger partial charge on any atom is -0.481 e. The third kappa shape index (κ3) is 8.46. The van der Waals surface area contributed by atoms with Gasteiger partial charge in [-0.3, -0.25) is 14.5 Å². The van der Waals surface area contributed by atoms with Crippen molar-refractivity contribution in [2.75, 3.05) is 13.1 Å². The number of aliphatic hydroxyl groups is 1. The summed E-state index contributed by atoms with van der Waals surface area (Å²) in [6, 6.07) is 24.5. The lowest BCUT2D eigenvalue weighted by Gasteiger charge is -2.42. The number of thiophene rings is 1. The molecule has 5 aromatic rings. The molecule has 1 unspecified atom stereocenters. The van der Waals surface area contributed by atoms with Gasteiger partial charge in [-0.25, -0.2) is 14.4 Å². The average molecular weight is 747 g/mol. The van der Waals surface area contributed by atoms with Gasteiger partial charge in [0.2, 0.25) is 0 Å². The molecule has 2 aromatic heterocycles. The lowest BCUT2D eigenvalue weighted by molar-refractivity contribution is -0.155. The molecule has 7 rings (SSSR count). The summed E-state index contributed by atoms with van der Waals surface area (Å²) in [6.45, 7) is 6.70. The van der Waals surface area contributed by atoms with E-state index in [1.165, 1.54) is 49.0 Å². The predicted molar refractivity (Wildman–Crippen MR) is 211 cm³/mol. The second kappa shape index (κ2) is 15.9. The number of carboxylic acids is 1. The van der Waals surface area contributed by atoms with Crippen LogP contribution in [0.3, 0.4) is 0 Å². The van der Waals surface area contributed by atoms with Crippen molar-refractivity contribution in [2.45, 2.75) is 82.9 Å². The molecule has 1 aliphatic carbocycles. The fraction of sp³-hybridized carbons (Fsp3) is 0.364. The number of halogens is 1. The number of nitrogens with one attached hydrogen (secondary N) is 1. The number of carbonyl (C=O) groups is 2. The topological polar surface area (TPSA) is 116 Å². The van der Waals surface area contributed by atoms with Crippen LogP contribution in [-0.2, 0) is 16.6 Å². The molecule has 2 aliphatic rings. The second-order valence-corrected chi connectivity index (χ2v) is 16.8. The monoisotopic (exact) mass is 746 g/mol. The Morgan fingerprint density at radius 3 is 2.13 bits per heavy atom. The van der Waals surface area contributed by atoms with Crippen molar-refractivity contribution in [2.24, 2.45) is 5.92 Å². The van der Waals surface area contributed by atoms with E-state index >= 15 is 4.39 Å². The summed E-state index contributed by atoms with van der Waals surface area (Å²) in [7, 11) is 0. The summed E-state index contributed by atoms with van der Waals surface area (Å²) >= 11 is 1.42. The van der Waals surface area contributed by atoms with Crippen LogP contribution >= 0.6 is 11.3 Å². The van der Waals surface area contributed by atoms with E-state index in [1.807, 2.05) is 36.4 Å². The van der Waals surface area contributed by atoms with Crippen LogP contribution in [0, 0.1) is 11.7 Å². The maximum atomic E-state index is 15.4. The van der Waals surface area contributed by atoms with Gasteiger partial charge in [0.25, 0.3) is 5.91 Å². The minimum absolute atomic E-state index is 0.0968. The van der Waals surface area contributed by atoms with E-state index < -0.39 is 24.2 Å². The van der Waals surface area contributed by atoms with Crippen LogP contribution in [0.5, 0.6) is 0 Å². The Hall–Kier alpha value is -4.77. The first kappa shape index (κ1) is 37.5. The van der Waals surface area contributed by atoms with Gasteiger partial charge in [-0.1, -0.05) is 101 Å². The number of nitrogens with zero attached hydrogens (tertiary/aromatic N) is 3. The largest absolute Gasteiger partial charge is 0.481 e. The molecule has 1 saturated heterocycles. The second-order valence-electron chi connectivity index (χ2n) is 15.7. The maximum Gasteiger partial charge on any atom is 0.309 e. The van der Waals surface area contributed by atoms with Crippen LogP contribution in [-0.4, -0.2) is 62.3 Å². The molecule has 1 aliphatic heterocycles. The summed E-state index contributed by atoms with van der Waals surface area (Å²) < 4.78 is 15.4. The molecule has 0 bridgehead atoms. The zero-order valence-electron chi connectivity index (χ0n) is 31.0. The number of amides is 1. The Morgan fingerprint density at radius 1 is 0.870 bits per heavy atom. The number of aliphatic hydroxyl groups excluding tert-OH is 1. The summed E-state index contributed by atoms with van der Waals surface area (Å²) in [4.78, 5) is 37.2. The van der Waals surface area contributed by atoms with Crippen molar-refractivity contribution in [3.8, 4) is 33.6 Å². The molecule has 280 valence electrons. The SMILES string of the molecule is CC(C)(C)c1ccc(C(=O)N[C@@H](Cc2ccc(-c3ncc(-c4ccc(-c5ccc(C6CCCCC6)cc5)cc4F)cn3)cc2)C(O)N2CC(C(=O)O)C2)s1. The van der Waals surface area contributed by atoms with Gasteiger partial charge >= 0.3 is 5.97 Å². The van der Waals surface area contributed by atoms with Gasteiger partial charge in [-0.05, 0) is 71.0 Å². The third-order valence-corrected chi connectivity index (χ3v) is 12.3. The smallest absolute Gasteiger partial charge is 0.309 e. The summed E-state index contributed by atoms with van der Waals surface area (Å²) in [5.41, 5.74) is 5.73. The number of carbonyl (C=O) groups excluding carboxylic acids is 1. The Kier molecular flexibility index (Phi) is 11.1. The van der Waals surface area contributed by atoms with E-state index in [9.17, 15) is 19.8 Å². The minimum atomic E-state index is -1.07. The molecular weight excluding hydrogens is 700 g/mol. The van der Waals surface area contributed by atoms with Crippen LogP contribution < -0.4 is 5.32 Å². The van der Waals surface area contributed by atoms with Crippen LogP contribution in [0.25, 0.3) is 33.6 Å². The molecule has 1 amide bonds. The van der Waals surface area contributed by atoms with Crippen LogP contribution in [0.2, 0.25) is 0 Å². The predicted octanol–water partition coefficient (Wildman–Crippen LogP) is 8.70. The number of hydrogen-bond donors (Lipinski definition) is 3. The first-order valence-corrected chi connectivity index (χ1v) is 19.6. The highest BCUT2D eigenvalue weighted by Gasteiger charge is 2.39. The number of carboxylic acid groups (broad SMARTS) is 1. The van der Waals surface area contributed by atoms with Crippen LogP contribution in [0.1, 0.15) is 84.5 Å². The molecule has 3 heterocycles. The highest BCUT2D eigenvalue weighted by Crippen LogP contribution is 2.35. The molecule has 0 spiro atoms. The van der Waals surface area contributed by atoms with Gasteiger partial charge in [-0.15, -0.1) is 11.3 Å². The molecule has 1 saturated carbocycles. The van der Waals surface area contributed by atoms with Crippen molar-refractivity contribution in [1.82, 2.24) is 20.2 Å². The fourth-order valence-electron chi connectivity index (χ4n) is 7.45. The number of hydrogen-bond acceptors (Lipinski definition) is 7. The van der Waals surface area contributed by atoms with E-state index in [4.69, 9.17) is 0 Å². The van der Waals surface area contributed by atoms with E-state index in [-0.39, 0.29) is 30.2 Å². The Balaban J connectivity index is 1.02. The molecule has 2 atom stereocenters. The van der Waals surface area contributed by atoms with Gasteiger partial charge in [0.1, 0.15) is 12.0 Å². The normalized spacial score (nSPS) is 16.8. The van der Waals surface area contributed by atoms with Gasteiger partial charge < -0.3 is 15.5 Å². The molecule has 3 N–H and O–H groups in total. The number of benzene rings is 3. The van der Waals surface area contributed by atoms with E-state index in [2.05, 4.69) is 60.3 Å². The lowest BCUT2D eigenvalue weighted by atomic mass is 9.83. The van der Waals surface area contributed by atoms with Gasteiger partial charge in [0, 0.05) is 47.1 Å². The van der Waals surface area contributed by atoms with E-state index in [0.29, 0.717) is 34.2 Å². The fourth-order valence-corrected chi connectivity index (χ4v) is 8.41. The Bertz CT molecular complexity index is 2080. The summed E-state index contributed by atoms with van der Waals surface area (Å²) in [5.74, 6) is -0.944. The molecule has 8 nitrogen and oxygen atoms in total. The Labute approximate surface area is 320 Å². The van der Waals surface area contributed by atoms with E-state index in [0.717, 1.165) is 27.1 Å². The van der Waals surface area contributed by atoms with E-state index in [1.54, 1.807) is 35.5 Å². The molecule has 2 fully saturated rings. The van der Waals surface area contributed by atoms with Gasteiger partial charge in [-0.2, -0.15) is 0 Å². The highest BCUT2D eigenvalue weighted by molar-refractivity contribution is 7.14. The van der Waals surface area contributed by atoms with Gasteiger partial charge in [0.05, 0.1) is 16.8 Å². The van der Waals surface area contributed by atoms with Crippen molar-refractivity contribution in [1.29, 1.82) is 0 Å². The zero-order valence-corrected chi connectivity index (χ0v) is 31.8. The molecular formula is C44H47FN4O4S. The number of aliphatic carboxylic acids is 1. The van der Waals surface area contributed by atoms with Crippen LogP contribution in [0.4, 0.5) is 4.39 Å². The summed E-state index contributed by atoms with van der Waals surface area (Å²) in [5, 5.41) is 23.7. The molecule has 0 radical (unpaired) electrons. The highest BCUT2D eigenvalue weighted by atomic mass is 32.1. The standard InChI is InChI=1S/C44H47FN4O4S/c1-44(2,3)39-20-19-38(54-39)41(50)48-37(42(51)49-25-34(26-49)43(52)53)21-27-9-11-31(12-10-27)40-46-23-33(24-47-40)35-18-17-32(22-36(35)45)30-15-13-29(14-16-30)28-7-5-4-6-8-28/h9-20,22-24,28,34,37,42,51H,4-8,21,25-26H2,1-3H3,(H,48,50)(H,52,53)/t37-,42?/m0/s1. The summed E-state index contributed by atoms with van der Waals surface area (Å²) in [6.07, 6.45) is 8.90. The molecule has 54 heavy (non-hydrogen) atoms. The third-order valence-electron chi connectivity index (χ3n) is 10.8. The maximum absolute atomic E-state index is 15.4. The zero-order chi connectivity index (χ0) is 38.0. The first-order chi connectivity index (χ1) is 25.9. The Morgan fingerprint density at radius 2 is 1.52 bits per heavy atom. The first-order valence-electron chi connectivity index (χ1n) is 18.8. The number of rotatable bonds is 11. The van der Waals surface area contributed by atoms with Crippen molar-refractivity contribution in [3.63, 3.8) is 0 Å². The van der Waals surface area contributed by atoms with Crippen molar-refractivity contribution < 1.29 is 24.2 Å². The van der Waals surface area contributed by atoms with Crippen LogP contribution in [0.15, 0.2) is 91.3 Å². The number of aromatic nitrogens is 2. The van der Waals surface area contributed by atoms with Gasteiger partial charge in [0.15, 0.2) is 5.82 Å². The lowest BCUT2D eigenvalue weighted by Crippen LogP contribution is -2.61. The molecule has 3 aromatic carbocycles. The average Bonchev–Trinajstić information content (AvgIpc) is 3.67. The number of likely N-dealkylation sites (tertiary alicyclic amines) is 1. The van der Waals surface area contributed by atoms with Crippen molar-refractivity contribution >= 4 is 23.2 Å². The van der Waals surface area contributed by atoms with Crippen molar-refractivity contribution in [3.05, 3.63) is 118 Å². The molecule has 10 heteroatoms. The quantitative estimate of drug-likeness (QED) is 0.124.